The normalized spacial score (nSPS) is 10.6. The van der Waals surface area contributed by atoms with E-state index in [2.05, 4.69) is 5.32 Å². The zero-order chi connectivity index (χ0) is 12.8. The van der Waals surface area contributed by atoms with E-state index in [1.807, 2.05) is 6.92 Å². The summed E-state index contributed by atoms with van der Waals surface area (Å²) in [6.07, 6.45) is 0. The summed E-state index contributed by atoms with van der Waals surface area (Å²) in [5.74, 6) is -0.194. The van der Waals surface area contributed by atoms with E-state index in [1.165, 1.54) is 12.2 Å². The number of nitrogens with two attached hydrogens (primary N) is 1. The summed E-state index contributed by atoms with van der Waals surface area (Å²) >= 11 is 5.94. The van der Waals surface area contributed by atoms with Crippen LogP contribution in [-0.2, 0) is 9.63 Å². The highest BCUT2D eigenvalue weighted by Crippen LogP contribution is 2.23. The molecule has 0 aliphatic rings. The third-order valence-corrected chi connectivity index (χ3v) is 2.51. The van der Waals surface area contributed by atoms with E-state index in [9.17, 15) is 4.79 Å². The van der Waals surface area contributed by atoms with Gasteiger partial charge in [-0.05, 0) is 18.2 Å². The van der Waals surface area contributed by atoms with Crippen LogP contribution < -0.4 is 11.1 Å². The van der Waals surface area contributed by atoms with Gasteiger partial charge in [0.05, 0.1) is 17.8 Å². The lowest BCUT2D eigenvalue weighted by Crippen LogP contribution is -2.32. The summed E-state index contributed by atoms with van der Waals surface area (Å²) in [4.78, 5) is 16.6. The molecule has 0 radical (unpaired) electrons. The first-order chi connectivity index (χ1) is 8.06. The molecule has 1 aromatic rings. The lowest BCUT2D eigenvalue weighted by atomic mass is 10.3. The first-order valence-electron chi connectivity index (χ1n) is 5.20. The summed E-state index contributed by atoms with van der Waals surface area (Å²) in [5, 5.41) is 4.63. The largest absolute Gasteiger partial charge is 0.399 e. The molecule has 0 saturated carbocycles. The maximum atomic E-state index is 11.7. The maximum absolute atomic E-state index is 11.7. The minimum Gasteiger partial charge on any atom is -0.399 e. The van der Waals surface area contributed by atoms with Gasteiger partial charge in [-0.3, -0.25) is 4.79 Å². The van der Waals surface area contributed by atoms with Crippen LogP contribution >= 0.6 is 11.6 Å². The van der Waals surface area contributed by atoms with Gasteiger partial charge in [-0.25, -0.2) is 0 Å². The Kier molecular flexibility index (Phi) is 5.21. The van der Waals surface area contributed by atoms with Crippen LogP contribution in [0, 0.1) is 0 Å². The number of rotatable bonds is 5. The van der Waals surface area contributed by atoms with Crippen LogP contribution in [-0.4, -0.2) is 31.2 Å². The zero-order valence-electron chi connectivity index (χ0n) is 9.87. The first kappa shape index (κ1) is 13.8. The van der Waals surface area contributed by atoms with Gasteiger partial charge in [0.15, 0.2) is 0 Å². The molecule has 0 spiro atoms. The topological polar surface area (TPSA) is 67.6 Å². The molecule has 0 aliphatic carbocycles. The van der Waals surface area contributed by atoms with Crippen molar-refractivity contribution in [2.45, 2.75) is 6.92 Å². The van der Waals surface area contributed by atoms with Gasteiger partial charge in [0.25, 0.3) is 0 Å². The molecule has 5 nitrogen and oxygen atoms in total. The van der Waals surface area contributed by atoms with E-state index < -0.39 is 0 Å². The number of hydroxylamine groups is 2. The molecule has 6 heteroatoms. The number of carbonyl (C=O) groups is 1. The molecule has 3 N–H and O–H groups in total. The number of hydrogen-bond acceptors (Lipinski definition) is 4. The molecule has 1 rings (SSSR count). The van der Waals surface area contributed by atoms with Crippen LogP contribution in [0.4, 0.5) is 11.4 Å². The van der Waals surface area contributed by atoms with Gasteiger partial charge in [-0.2, -0.15) is 5.06 Å². The number of hydrogen-bond donors (Lipinski definition) is 2. The van der Waals surface area contributed by atoms with Crippen molar-refractivity contribution in [2.24, 2.45) is 0 Å². The number of amides is 1. The number of carbonyl (C=O) groups excluding carboxylic acids is 1. The SMILES string of the molecule is CCN(CC(=O)Nc1ccc(N)cc1Cl)OC. The molecule has 1 amide bonds. The number of halogens is 1. The standard InChI is InChI=1S/C11H16ClN3O2/c1-3-15(17-2)7-11(16)14-10-5-4-8(13)6-9(10)12/h4-6H,3,7,13H2,1-2H3,(H,14,16). The summed E-state index contributed by atoms with van der Waals surface area (Å²) in [7, 11) is 1.52. The quantitative estimate of drug-likeness (QED) is 0.623. The van der Waals surface area contributed by atoms with Gasteiger partial charge < -0.3 is 15.9 Å². The Balaban J connectivity index is 2.62. The average molecular weight is 258 g/mol. The number of nitrogen functional groups attached to an aromatic ring is 1. The van der Waals surface area contributed by atoms with Crippen LogP contribution in [0.5, 0.6) is 0 Å². The Morgan fingerprint density at radius 2 is 2.29 bits per heavy atom. The van der Waals surface area contributed by atoms with Crippen molar-refractivity contribution in [1.29, 1.82) is 0 Å². The highest BCUT2D eigenvalue weighted by molar-refractivity contribution is 6.34. The van der Waals surface area contributed by atoms with Crippen molar-refractivity contribution < 1.29 is 9.63 Å². The Morgan fingerprint density at radius 1 is 1.59 bits per heavy atom. The number of benzene rings is 1. The molecule has 0 bridgehead atoms. The summed E-state index contributed by atoms with van der Waals surface area (Å²) in [6.45, 7) is 2.67. The monoisotopic (exact) mass is 257 g/mol. The molecule has 94 valence electrons. The second-order valence-electron chi connectivity index (χ2n) is 3.43. The maximum Gasteiger partial charge on any atom is 0.241 e. The fraction of sp³-hybridized carbons (Fsp3) is 0.364. The average Bonchev–Trinajstić information content (AvgIpc) is 2.29. The predicted molar refractivity (Wildman–Crippen MR) is 68.8 cm³/mol. The summed E-state index contributed by atoms with van der Waals surface area (Å²) in [5.41, 5.74) is 6.65. The molecule has 0 aliphatic heterocycles. The summed E-state index contributed by atoms with van der Waals surface area (Å²) < 4.78 is 0. The van der Waals surface area contributed by atoms with E-state index in [0.717, 1.165) is 0 Å². The molecule has 0 saturated heterocycles. The minimum atomic E-state index is -0.194. The highest BCUT2D eigenvalue weighted by Gasteiger charge is 2.10. The van der Waals surface area contributed by atoms with Crippen molar-refractivity contribution in [3.05, 3.63) is 23.2 Å². The van der Waals surface area contributed by atoms with Crippen LogP contribution in [0.25, 0.3) is 0 Å². The van der Waals surface area contributed by atoms with Crippen LogP contribution in [0.2, 0.25) is 5.02 Å². The highest BCUT2D eigenvalue weighted by atomic mass is 35.5. The molecular weight excluding hydrogens is 242 g/mol. The lowest BCUT2D eigenvalue weighted by molar-refractivity contribution is -0.145. The van der Waals surface area contributed by atoms with E-state index >= 15 is 0 Å². The second-order valence-corrected chi connectivity index (χ2v) is 3.83. The van der Waals surface area contributed by atoms with Gasteiger partial charge in [0, 0.05) is 12.2 Å². The fourth-order valence-electron chi connectivity index (χ4n) is 1.29. The van der Waals surface area contributed by atoms with Gasteiger partial charge in [0.1, 0.15) is 6.54 Å². The van der Waals surface area contributed by atoms with Crippen molar-refractivity contribution in [1.82, 2.24) is 5.06 Å². The van der Waals surface area contributed by atoms with E-state index in [0.29, 0.717) is 22.9 Å². The Bertz CT molecular complexity index is 394. The van der Waals surface area contributed by atoms with Crippen LogP contribution in [0.15, 0.2) is 18.2 Å². The molecule has 0 aromatic heterocycles. The van der Waals surface area contributed by atoms with Gasteiger partial charge in [-0.15, -0.1) is 0 Å². The third-order valence-electron chi connectivity index (χ3n) is 2.20. The lowest BCUT2D eigenvalue weighted by Gasteiger charge is -2.16. The van der Waals surface area contributed by atoms with Gasteiger partial charge in [-0.1, -0.05) is 18.5 Å². The van der Waals surface area contributed by atoms with E-state index in [-0.39, 0.29) is 12.5 Å². The third kappa shape index (κ3) is 4.22. The smallest absolute Gasteiger partial charge is 0.241 e. The molecule has 0 atom stereocenters. The molecule has 0 unspecified atom stereocenters. The molecule has 17 heavy (non-hydrogen) atoms. The van der Waals surface area contributed by atoms with E-state index in [1.54, 1.807) is 18.2 Å². The molecule has 0 fully saturated rings. The minimum absolute atomic E-state index is 0.147. The molecular formula is C11H16ClN3O2. The van der Waals surface area contributed by atoms with Crippen molar-refractivity contribution in [3.8, 4) is 0 Å². The zero-order valence-corrected chi connectivity index (χ0v) is 10.6. The number of likely N-dealkylation sites (N-methyl/N-ethyl adjacent to an activating group) is 1. The second kappa shape index (κ2) is 6.44. The van der Waals surface area contributed by atoms with Crippen molar-refractivity contribution in [2.75, 3.05) is 31.2 Å². The Hall–Kier alpha value is -1.30. The molecule has 0 heterocycles. The molecule has 1 aromatic carbocycles. The van der Waals surface area contributed by atoms with Crippen molar-refractivity contribution in [3.63, 3.8) is 0 Å². The van der Waals surface area contributed by atoms with Gasteiger partial charge >= 0.3 is 0 Å². The van der Waals surface area contributed by atoms with Crippen LogP contribution in [0.3, 0.4) is 0 Å². The van der Waals surface area contributed by atoms with Gasteiger partial charge in [0.2, 0.25) is 5.91 Å². The first-order valence-corrected chi connectivity index (χ1v) is 5.58. The number of nitrogens with one attached hydrogen (secondary N) is 1. The number of nitrogens with zero attached hydrogens (tertiary/aromatic N) is 1. The van der Waals surface area contributed by atoms with E-state index in [4.69, 9.17) is 22.2 Å². The van der Waals surface area contributed by atoms with Crippen LogP contribution in [0.1, 0.15) is 6.92 Å². The predicted octanol–water partition coefficient (Wildman–Crippen LogP) is 1.74. The number of anilines is 2. The summed E-state index contributed by atoms with van der Waals surface area (Å²) in [6, 6.07) is 4.93. The Labute approximate surface area is 105 Å². The van der Waals surface area contributed by atoms with Crippen molar-refractivity contribution >= 4 is 28.9 Å². The fourth-order valence-corrected chi connectivity index (χ4v) is 1.52. The Morgan fingerprint density at radius 3 is 2.82 bits per heavy atom.